The highest BCUT2D eigenvalue weighted by molar-refractivity contribution is 5.79. The van der Waals surface area contributed by atoms with Gasteiger partial charge < -0.3 is 15.5 Å². The van der Waals surface area contributed by atoms with Crippen molar-refractivity contribution in [3.8, 4) is 0 Å². The molecule has 1 aromatic rings. The fourth-order valence-electron chi connectivity index (χ4n) is 3.27. The number of hydrogen-bond donors (Lipinski definition) is 2. The van der Waals surface area contributed by atoms with Crippen LogP contribution in [0.4, 0.5) is 0 Å². The number of guanidine groups is 1. The quantitative estimate of drug-likeness (QED) is 0.409. The minimum absolute atomic E-state index is 0.553. The van der Waals surface area contributed by atoms with Crippen LogP contribution in [0.2, 0.25) is 0 Å². The topological polar surface area (TPSA) is 42.9 Å². The van der Waals surface area contributed by atoms with Crippen molar-refractivity contribution in [1.29, 1.82) is 0 Å². The lowest BCUT2D eigenvalue weighted by molar-refractivity contribution is 0.250. The van der Waals surface area contributed by atoms with E-state index >= 15 is 0 Å². The van der Waals surface area contributed by atoms with Crippen LogP contribution in [0.5, 0.6) is 0 Å². The summed E-state index contributed by atoms with van der Waals surface area (Å²) < 4.78 is 0. The molecule has 1 aliphatic heterocycles. The van der Waals surface area contributed by atoms with Gasteiger partial charge in [0.1, 0.15) is 0 Å². The average Bonchev–Trinajstić information content (AvgIpc) is 3.04. The summed E-state index contributed by atoms with van der Waals surface area (Å²) in [5, 5.41) is 6.82. The van der Waals surface area contributed by atoms with Crippen molar-refractivity contribution in [2.75, 3.05) is 46.8 Å². The minimum Gasteiger partial charge on any atom is -0.357 e. The first-order valence-corrected chi connectivity index (χ1v) is 9.64. The number of rotatable bonds is 9. The maximum Gasteiger partial charge on any atom is 0.191 e. The first kappa shape index (κ1) is 19.7. The Morgan fingerprint density at radius 1 is 1.24 bits per heavy atom. The van der Waals surface area contributed by atoms with Crippen molar-refractivity contribution < 1.29 is 0 Å². The van der Waals surface area contributed by atoms with E-state index in [-0.39, 0.29) is 0 Å². The van der Waals surface area contributed by atoms with Crippen molar-refractivity contribution in [2.45, 2.75) is 38.8 Å². The van der Waals surface area contributed by atoms with Gasteiger partial charge in [-0.3, -0.25) is 9.89 Å². The molecule has 140 valence electrons. The van der Waals surface area contributed by atoms with Crippen molar-refractivity contribution in [2.24, 2.45) is 4.99 Å². The summed E-state index contributed by atoms with van der Waals surface area (Å²) >= 11 is 0. The first-order valence-electron chi connectivity index (χ1n) is 9.64. The zero-order chi connectivity index (χ0) is 17.9. The Balaban J connectivity index is 1.82. The molecule has 0 saturated carbocycles. The van der Waals surface area contributed by atoms with E-state index in [1.807, 2.05) is 0 Å². The number of nitrogens with one attached hydrogen (secondary N) is 2. The molecule has 1 heterocycles. The second-order valence-corrected chi connectivity index (χ2v) is 7.06. The Bertz CT molecular complexity index is 500. The molecule has 1 aliphatic rings. The Hall–Kier alpha value is -1.59. The molecule has 1 saturated heterocycles. The fraction of sp³-hybridized carbons (Fsp3) is 0.650. The number of hydrogen-bond acceptors (Lipinski definition) is 3. The highest BCUT2D eigenvalue weighted by Gasteiger charge is 2.24. The van der Waals surface area contributed by atoms with Crippen LogP contribution in [-0.4, -0.2) is 68.6 Å². The van der Waals surface area contributed by atoms with E-state index in [0.29, 0.717) is 6.04 Å². The molecule has 0 radical (unpaired) electrons. The predicted molar refractivity (Wildman–Crippen MR) is 107 cm³/mol. The van der Waals surface area contributed by atoms with Gasteiger partial charge in [-0.25, -0.2) is 0 Å². The van der Waals surface area contributed by atoms with Crippen molar-refractivity contribution in [1.82, 2.24) is 20.4 Å². The fourth-order valence-corrected chi connectivity index (χ4v) is 3.27. The summed E-state index contributed by atoms with van der Waals surface area (Å²) in [7, 11) is 4.22. The Labute approximate surface area is 153 Å². The van der Waals surface area contributed by atoms with Gasteiger partial charge in [0.25, 0.3) is 0 Å². The third-order valence-corrected chi connectivity index (χ3v) is 4.61. The highest BCUT2D eigenvalue weighted by atomic mass is 15.2. The Kier molecular flexibility index (Phi) is 8.77. The van der Waals surface area contributed by atoms with Crippen molar-refractivity contribution in [3.63, 3.8) is 0 Å². The average molecular weight is 346 g/mol. The Morgan fingerprint density at radius 2 is 2.04 bits per heavy atom. The zero-order valence-electron chi connectivity index (χ0n) is 16.2. The standard InChI is InChI=1S/C20H35N5/c1-4-21-20(22-13-9-14-24(2)3)23-16-19-12-8-15-25(19)17-18-10-6-5-7-11-18/h5-7,10-11,19H,4,8-9,12-17H2,1-3H3,(H2,21,22,23). The van der Waals surface area contributed by atoms with Gasteiger partial charge in [-0.2, -0.15) is 0 Å². The van der Waals surface area contributed by atoms with Crippen LogP contribution in [0, 0.1) is 0 Å². The molecular weight excluding hydrogens is 310 g/mol. The summed E-state index contributed by atoms with van der Waals surface area (Å²) in [4.78, 5) is 9.63. The third kappa shape index (κ3) is 7.45. The third-order valence-electron chi connectivity index (χ3n) is 4.61. The SMILES string of the molecule is CCNC(=NCC1CCCN1Cc1ccccc1)NCCCN(C)C. The van der Waals surface area contributed by atoms with E-state index in [4.69, 9.17) is 4.99 Å². The van der Waals surface area contributed by atoms with Crippen LogP contribution in [0.25, 0.3) is 0 Å². The van der Waals surface area contributed by atoms with E-state index in [1.165, 1.54) is 24.9 Å². The largest absolute Gasteiger partial charge is 0.357 e. The van der Waals surface area contributed by atoms with Crippen LogP contribution in [-0.2, 0) is 6.54 Å². The first-order chi connectivity index (χ1) is 12.2. The smallest absolute Gasteiger partial charge is 0.191 e. The number of likely N-dealkylation sites (tertiary alicyclic amines) is 1. The monoisotopic (exact) mass is 345 g/mol. The molecule has 0 bridgehead atoms. The lowest BCUT2D eigenvalue weighted by Crippen LogP contribution is -2.40. The summed E-state index contributed by atoms with van der Waals surface area (Å²) in [5.74, 6) is 0.952. The van der Waals surface area contributed by atoms with Crippen LogP contribution >= 0.6 is 0 Å². The van der Waals surface area contributed by atoms with Gasteiger partial charge in [0.15, 0.2) is 5.96 Å². The zero-order valence-corrected chi connectivity index (χ0v) is 16.2. The molecule has 2 rings (SSSR count). The maximum atomic E-state index is 4.84. The molecule has 1 unspecified atom stereocenters. The molecule has 5 nitrogen and oxygen atoms in total. The summed E-state index contributed by atoms with van der Waals surface area (Å²) in [5.41, 5.74) is 1.40. The molecule has 2 N–H and O–H groups in total. The molecule has 0 spiro atoms. The van der Waals surface area contributed by atoms with Crippen LogP contribution < -0.4 is 10.6 Å². The van der Waals surface area contributed by atoms with E-state index in [9.17, 15) is 0 Å². The van der Waals surface area contributed by atoms with Gasteiger partial charge in [-0.15, -0.1) is 0 Å². The van der Waals surface area contributed by atoms with Gasteiger partial charge in [-0.1, -0.05) is 30.3 Å². The lowest BCUT2D eigenvalue weighted by atomic mass is 10.2. The number of nitrogens with zero attached hydrogens (tertiary/aromatic N) is 3. The Morgan fingerprint density at radius 3 is 2.76 bits per heavy atom. The summed E-state index contributed by atoms with van der Waals surface area (Å²) in [6.07, 6.45) is 3.65. The maximum absolute atomic E-state index is 4.84. The van der Waals surface area contributed by atoms with Crippen LogP contribution in [0.3, 0.4) is 0 Å². The van der Waals surface area contributed by atoms with Crippen molar-refractivity contribution >= 4 is 5.96 Å². The van der Waals surface area contributed by atoms with Crippen molar-refractivity contribution in [3.05, 3.63) is 35.9 Å². The van der Waals surface area contributed by atoms with Crippen LogP contribution in [0.1, 0.15) is 31.7 Å². The molecule has 0 aliphatic carbocycles. The number of benzene rings is 1. The molecule has 25 heavy (non-hydrogen) atoms. The van der Waals surface area contributed by atoms with Crippen LogP contribution in [0.15, 0.2) is 35.3 Å². The molecule has 1 fully saturated rings. The van der Waals surface area contributed by atoms with E-state index in [1.54, 1.807) is 0 Å². The highest BCUT2D eigenvalue weighted by Crippen LogP contribution is 2.20. The minimum atomic E-state index is 0.553. The molecule has 0 amide bonds. The number of aliphatic imine (C=N–C) groups is 1. The normalized spacial score (nSPS) is 18.7. The molecule has 1 atom stereocenters. The lowest BCUT2D eigenvalue weighted by Gasteiger charge is -2.23. The van der Waals surface area contributed by atoms with E-state index in [2.05, 4.69) is 71.8 Å². The van der Waals surface area contributed by atoms with E-state index < -0.39 is 0 Å². The van der Waals surface area contributed by atoms with Gasteiger partial charge in [0.05, 0.1) is 6.54 Å². The molecule has 1 aromatic carbocycles. The summed E-state index contributed by atoms with van der Waals surface area (Å²) in [6.45, 7) is 8.17. The van der Waals surface area contributed by atoms with Gasteiger partial charge in [-0.05, 0) is 58.9 Å². The second kappa shape index (κ2) is 11.1. The summed E-state index contributed by atoms with van der Waals surface area (Å²) in [6, 6.07) is 11.3. The van der Waals surface area contributed by atoms with Gasteiger partial charge in [0, 0.05) is 25.7 Å². The van der Waals surface area contributed by atoms with E-state index in [0.717, 1.165) is 45.1 Å². The van der Waals surface area contributed by atoms with Gasteiger partial charge >= 0.3 is 0 Å². The second-order valence-electron chi connectivity index (χ2n) is 7.06. The predicted octanol–water partition coefficient (Wildman–Crippen LogP) is 2.16. The molecule has 0 aromatic heterocycles. The van der Waals surface area contributed by atoms with Gasteiger partial charge in [0.2, 0.25) is 0 Å². The molecular formula is C20H35N5. The molecule has 5 heteroatoms.